The second-order valence-corrected chi connectivity index (χ2v) is 10.4. The molecule has 3 aromatic carbocycles. The van der Waals surface area contributed by atoms with Crippen LogP contribution in [0, 0.1) is 0 Å². The minimum absolute atomic E-state index is 0.158. The number of rotatable bonds is 12. The van der Waals surface area contributed by atoms with Crippen molar-refractivity contribution in [3.05, 3.63) is 90.0 Å². The molecule has 2 atom stereocenters. The zero-order valence-corrected chi connectivity index (χ0v) is 23.9. The number of fused-ring (bicyclic) bond motifs is 1. The standard InChI is InChI=1S/C31H39N5O5/c1-31(32,33)18-8-13-28(37)35(3)27(19-21-14-16-24(41-40)17-15-21)30(39)36(4)26(29(38)34-2)20-23-11-7-10-22-9-5-6-12-25(22)23/h5-17,26-27,40H,18-20,32-33H2,1-4H3,(H,34,38)/t26-,27-/m1/s1. The summed E-state index contributed by atoms with van der Waals surface area (Å²) in [6.45, 7) is 1.64. The first-order valence-corrected chi connectivity index (χ1v) is 13.3. The normalized spacial score (nSPS) is 13.0. The average Bonchev–Trinajstić information content (AvgIpc) is 2.96. The van der Waals surface area contributed by atoms with E-state index in [2.05, 4.69) is 10.2 Å². The van der Waals surface area contributed by atoms with E-state index >= 15 is 0 Å². The Bertz CT molecular complexity index is 1380. The average molecular weight is 562 g/mol. The molecule has 3 amide bonds. The molecule has 10 heteroatoms. The van der Waals surface area contributed by atoms with E-state index in [0.717, 1.165) is 21.9 Å². The second kappa shape index (κ2) is 13.9. The smallest absolute Gasteiger partial charge is 0.246 e. The maximum Gasteiger partial charge on any atom is 0.246 e. The first kappa shape index (κ1) is 31.3. The summed E-state index contributed by atoms with van der Waals surface area (Å²) in [7, 11) is 4.64. The Kier molecular flexibility index (Phi) is 10.6. The van der Waals surface area contributed by atoms with Crippen molar-refractivity contribution in [1.82, 2.24) is 15.1 Å². The Morgan fingerprint density at radius 2 is 1.61 bits per heavy atom. The fourth-order valence-electron chi connectivity index (χ4n) is 4.62. The van der Waals surface area contributed by atoms with Crippen LogP contribution in [0.4, 0.5) is 0 Å². The van der Waals surface area contributed by atoms with Gasteiger partial charge in [-0.05, 0) is 53.5 Å². The number of nitrogens with zero attached hydrogens (tertiary/aromatic N) is 2. The molecule has 3 rings (SSSR count). The molecular weight excluding hydrogens is 522 g/mol. The van der Waals surface area contributed by atoms with Crippen LogP contribution in [0.3, 0.4) is 0 Å². The van der Waals surface area contributed by atoms with Gasteiger partial charge in [-0.3, -0.25) is 14.4 Å². The van der Waals surface area contributed by atoms with Gasteiger partial charge in [-0.25, -0.2) is 5.26 Å². The summed E-state index contributed by atoms with van der Waals surface area (Å²) in [4.78, 5) is 47.4. The summed E-state index contributed by atoms with van der Waals surface area (Å²) in [5.41, 5.74) is 12.3. The van der Waals surface area contributed by atoms with E-state index in [9.17, 15) is 14.4 Å². The number of likely N-dealkylation sites (N-methyl/N-ethyl adjacent to an activating group) is 3. The first-order valence-electron chi connectivity index (χ1n) is 13.3. The number of benzene rings is 3. The first-order chi connectivity index (χ1) is 19.4. The van der Waals surface area contributed by atoms with Crippen LogP contribution in [0.5, 0.6) is 5.75 Å². The van der Waals surface area contributed by atoms with E-state index in [1.165, 1.54) is 30.0 Å². The van der Waals surface area contributed by atoms with E-state index in [1.807, 2.05) is 42.5 Å². The van der Waals surface area contributed by atoms with Gasteiger partial charge >= 0.3 is 0 Å². The molecule has 0 aliphatic heterocycles. The predicted octanol–water partition coefficient (Wildman–Crippen LogP) is 2.46. The van der Waals surface area contributed by atoms with Gasteiger partial charge < -0.3 is 31.5 Å². The van der Waals surface area contributed by atoms with Gasteiger partial charge in [0.05, 0.1) is 5.66 Å². The highest BCUT2D eigenvalue weighted by Crippen LogP contribution is 2.22. The van der Waals surface area contributed by atoms with Crippen molar-refractivity contribution < 1.29 is 24.5 Å². The minimum atomic E-state index is -0.982. The van der Waals surface area contributed by atoms with Crippen LogP contribution >= 0.6 is 0 Å². The van der Waals surface area contributed by atoms with Gasteiger partial charge in [-0.1, -0.05) is 60.7 Å². The van der Waals surface area contributed by atoms with Crippen LogP contribution in [0.1, 0.15) is 24.5 Å². The van der Waals surface area contributed by atoms with E-state index in [4.69, 9.17) is 16.7 Å². The van der Waals surface area contributed by atoms with Gasteiger partial charge in [0.2, 0.25) is 17.7 Å². The van der Waals surface area contributed by atoms with Crippen molar-refractivity contribution in [2.24, 2.45) is 11.5 Å². The van der Waals surface area contributed by atoms with E-state index < -0.39 is 29.6 Å². The van der Waals surface area contributed by atoms with Crippen molar-refractivity contribution in [1.29, 1.82) is 0 Å². The molecule has 0 aliphatic rings. The number of hydrogen-bond donors (Lipinski definition) is 4. The monoisotopic (exact) mass is 561 g/mol. The lowest BCUT2D eigenvalue weighted by atomic mass is 9.96. The summed E-state index contributed by atoms with van der Waals surface area (Å²) >= 11 is 0. The Balaban J connectivity index is 1.94. The molecular formula is C31H39N5O5. The van der Waals surface area contributed by atoms with Crippen molar-refractivity contribution in [3.8, 4) is 5.75 Å². The van der Waals surface area contributed by atoms with Crippen LogP contribution in [-0.4, -0.2) is 71.7 Å². The van der Waals surface area contributed by atoms with Gasteiger partial charge in [0.1, 0.15) is 12.1 Å². The molecule has 0 heterocycles. The third-order valence-corrected chi connectivity index (χ3v) is 7.03. The van der Waals surface area contributed by atoms with E-state index in [0.29, 0.717) is 0 Å². The lowest BCUT2D eigenvalue weighted by Crippen LogP contribution is -2.55. The van der Waals surface area contributed by atoms with E-state index in [-0.39, 0.29) is 30.9 Å². The second-order valence-electron chi connectivity index (χ2n) is 10.4. The van der Waals surface area contributed by atoms with Crippen LogP contribution in [-0.2, 0) is 27.2 Å². The third-order valence-electron chi connectivity index (χ3n) is 7.03. The molecule has 218 valence electrons. The molecule has 0 saturated heterocycles. The quantitative estimate of drug-likeness (QED) is 0.115. The summed E-state index contributed by atoms with van der Waals surface area (Å²) < 4.78 is 0. The van der Waals surface area contributed by atoms with Crippen molar-refractivity contribution in [2.75, 3.05) is 21.1 Å². The summed E-state index contributed by atoms with van der Waals surface area (Å²) in [6, 6.07) is 18.5. The van der Waals surface area contributed by atoms with Crippen molar-refractivity contribution >= 4 is 28.5 Å². The summed E-state index contributed by atoms with van der Waals surface area (Å²) in [6.07, 6.45) is 3.61. The van der Waals surface area contributed by atoms with Gasteiger partial charge in [-0.15, -0.1) is 0 Å². The third kappa shape index (κ3) is 8.37. The molecule has 0 radical (unpaired) electrons. The highest BCUT2D eigenvalue weighted by molar-refractivity contribution is 5.95. The van der Waals surface area contributed by atoms with Gasteiger partial charge in [0.15, 0.2) is 5.75 Å². The predicted molar refractivity (Wildman–Crippen MR) is 159 cm³/mol. The zero-order chi connectivity index (χ0) is 30.2. The molecule has 0 spiro atoms. The fraction of sp³-hybridized carbons (Fsp3) is 0.323. The minimum Gasteiger partial charge on any atom is -0.357 e. The van der Waals surface area contributed by atoms with Gasteiger partial charge in [0.25, 0.3) is 0 Å². The molecule has 0 aliphatic carbocycles. The number of nitrogens with two attached hydrogens (primary N) is 2. The number of nitrogens with one attached hydrogen (secondary N) is 1. The fourth-order valence-corrected chi connectivity index (χ4v) is 4.62. The molecule has 3 aromatic rings. The van der Waals surface area contributed by atoms with Gasteiger partial charge in [-0.2, -0.15) is 0 Å². The number of carbonyl (C=O) groups excluding carboxylic acids is 3. The lowest BCUT2D eigenvalue weighted by molar-refractivity contribution is -0.146. The Morgan fingerprint density at radius 3 is 2.24 bits per heavy atom. The highest BCUT2D eigenvalue weighted by atomic mass is 17.1. The molecule has 6 N–H and O–H groups in total. The number of amides is 3. The molecule has 10 nitrogen and oxygen atoms in total. The van der Waals surface area contributed by atoms with Crippen LogP contribution < -0.4 is 21.7 Å². The SMILES string of the molecule is CNC(=O)[C@@H](Cc1cccc2ccccc12)N(C)C(=O)[C@@H](Cc1ccc(OO)cc1)N(C)C(=O)C=CCC(C)(N)N. The maximum absolute atomic E-state index is 14.1. The Hall–Kier alpha value is -4.25. The van der Waals surface area contributed by atoms with Gasteiger partial charge in [0, 0.05) is 34.0 Å². The molecule has 0 fully saturated rings. The molecule has 0 bridgehead atoms. The zero-order valence-electron chi connectivity index (χ0n) is 23.9. The molecule has 0 saturated carbocycles. The molecule has 41 heavy (non-hydrogen) atoms. The molecule has 0 unspecified atom stereocenters. The summed E-state index contributed by atoms with van der Waals surface area (Å²) in [5, 5.41) is 13.6. The van der Waals surface area contributed by atoms with Crippen molar-refractivity contribution in [2.45, 2.75) is 43.9 Å². The lowest BCUT2D eigenvalue weighted by Gasteiger charge is -2.34. The summed E-state index contributed by atoms with van der Waals surface area (Å²) in [5.74, 6) is -0.909. The Labute approximate surface area is 240 Å². The van der Waals surface area contributed by atoms with Crippen LogP contribution in [0.15, 0.2) is 78.9 Å². The van der Waals surface area contributed by atoms with Crippen LogP contribution in [0.2, 0.25) is 0 Å². The Morgan fingerprint density at radius 1 is 0.951 bits per heavy atom. The molecule has 0 aromatic heterocycles. The number of carbonyl (C=O) groups is 3. The van der Waals surface area contributed by atoms with Crippen molar-refractivity contribution in [3.63, 3.8) is 0 Å². The highest BCUT2D eigenvalue weighted by Gasteiger charge is 2.34. The largest absolute Gasteiger partial charge is 0.357 e. The maximum atomic E-state index is 14.1. The topological polar surface area (TPSA) is 151 Å². The number of hydrogen-bond acceptors (Lipinski definition) is 7. The van der Waals surface area contributed by atoms with Crippen LogP contribution in [0.25, 0.3) is 10.8 Å². The van der Waals surface area contributed by atoms with E-state index in [1.54, 1.807) is 44.3 Å².